The molecular weight excluding hydrogens is 264 g/mol. The molecule has 17 heavy (non-hydrogen) atoms. The third-order valence-electron chi connectivity index (χ3n) is 2.95. The van der Waals surface area contributed by atoms with Crippen molar-refractivity contribution in [3.8, 4) is 0 Å². The quantitative estimate of drug-likeness (QED) is 0.705. The largest absolute Gasteiger partial charge is 0.374 e. The van der Waals surface area contributed by atoms with Gasteiger partial charge >= 0.3 is 0 Å². The first-order chi connectivity index (χ1) is 7.97. The van der Waals surface area contributed by atoms with Crippen molar-refractivity contribution in [2.75, 3.05) is 32.1 Å². The third kappa shape index (κ3) is 3.32. The summed E-state index contributed by atoms with van der Waals surface area (Å²) in [5, 5.41) is 0. The maximum Gasteiger partial charge on any atom is 0.282 e. The Hall–Kier alpha value is 0.120. The molecule has 2 atom stereocenters. The van der Waals surface area contributed by atoms with Gasteiger partial charge in [0.1, 0.15) is 0 Å². The highest BCUT2D eigenvalue weighted by Crippen LogP contribution is 2.19. The molecule has 0 amide bonds. The van der Waals surface area contributed by atoms with E-state index >= 15 is 0 Å². The van der Waals surface area contributed by atoms with Crippen molar-refractivity contribution in [2.24, 2.45) is 0 Å². The maximum atomic E-state index is 12.4. The zero-order chi connectivity index (χ0) is 13.1. The second-order valence-electron chi connectivity index (χ2n) is 4.12. The number of halogens is 1. The normalized spacial score (nSPS) is 27.6. The molecule has 0 aromatic carbocycles. The van der Waals surface area contributed by atoms with Crippen molar-refractivity contribution in [1.82, 2.24) is 8.61 Å². The van der Waals surface area contributed by atoms with E-state index in [1.54, 1.807) is 0 Å². The van der Waals surface area contributed by atoms with Gasteiger partial charge in [-0.2, -0.15) is 17.0 Å². The van der Waals surface area contributed by atoms with Crippen LogP contribution < -0.4 is 0 Å². The summed E-state index contributed by atoms with van der Waals surface area (Å²) in [6, 6.07) is -0.139. The Morgan fingerprint density at radius 1 is 1.41 bits per heavy atom. The Bertz CT molecular complexity index is 332. The van der Waals surface area contributed by atoms with Gasteiger partial charge in [-0.1, -0.05) is 13.8 Å². The van der Waals surface area contributed by atoms with Crippen molar-refractivity contribution in [2.45, 2.75) is 32.9 Å². The smallest absolute Gasteiger partial charge is 0.282 e. The zero-order valence-electron chi connectivity index (χ0n) is 10.6. The molecule has 102 valence electrons. The molecule has 0 aromatic heterocycles. The SMILES string of the molecule is CCN(CC)S(=O)(=O)N1CC(CCl)OCC1C. The van der Waals surface area contributed by atoms with E-state index in [1.807, 2.05) is 20.8 Å². The van der Waals surface area contributed by atoms with Crippen molar-refractivity contribution < 1.29 is 13.2 Å². The van der Waals surface area contributed by atoms with Crippen molar-refractivity contribution in [3.63, 3.8) is 0 Å². The molecule has 1 aliphatic rings. The van der Waals surface area contributed by atoms with E-state index in [9.17, 15) is 8.42 Å². The van der Waals surface area contributed by atoms with Crippen molar-refractivity contribution >= 4 is 21.8 Å². The lowest BCUT2D eigenvalue weighted by Crippen LogP contribution is -2.55. The van der Waals surface area contributed by atoms with E-state index in [0.717, 1.165) is 0 Å². The molecule has 0 N–H and O–H groups in total. The van der Waals surface area contributed by atoms with Crippen LogP contribution in [0.5, 0.6) is 0 Å². The van der Waals surface area contributed by atoms with Gasteiger partial charge in [-0.05, 0) is 6.92 Å². The number of ether oxygens (including phenoxy) is 1. The second-order valence-corrected chi connectivity index (χ2v) is 6.31. The van der Waals surface area contributed by atoms with Gasteiger partial charge in [0, 0.05) is 31.6 Å². The van der Waals surface area contributed by atoms with Crippen LogP contribution in [0.2, 0.25) is 0 Å². The lowest BCUT2D eigenvalue weighted by atomic mass is 10.2. The summed E-state index contributed by atoms with van der Waals surface area (Å²) in [6.07, 6.45) is -0.210. The molecule has 0 aromatic rings. The molecule has 1 fully saturated rings. The Morgan fingerprint density at radius 3 is 2.47 bits per heavy atom. The molecule has 5 nitrogen and oxygen atoms in total. The first-order valence-electron chi connectivity index (χ1n) is 5.91. The van der Waals surface area contributed by atoms with Crippen LogP contribution in [0.4, 0.5) is 0 Å². The summed E-state index contributed by atoms with van der Waals surface area (Å²) < 4.78 is 33.2. The third-order valence-corrected chi connectivity index (χ3v) is 5.56. The molecular formula is C10H21ClN2O3S. The predicted molar refractivity (Wildman–Crippen MR) is 68.5 cm³/mol. The standard InChI is InChI=1S/C10H21ClN2O3S/c1-4-12(5-2)17(14,15)13-7-10(6-11)16-8-9(13)3/h9-10H,4-8H2,1-3H3. The van der Waals surface area contributed by atoms with Crippen LogP contribution in [0.15, 0.2) is 0 Å². The Morgan fingerprint density at radius 2 is 2.00 bits per heavy atom. The summed E-state index contributed by atoms with van der Waals surface area (Å²) in [5.74, 6) is 0.316. The van der Waals surface area contributed by atoms with Crippen LogP contribution in [0.3, 0.4) is 0 Å². The van der Waals surface area contributed by atoms with E-state index in [0.29, 0.717) is 32.1 Å². The first kappa shape index (κ1) is 15.2. The number of hydrogen-bond acceptors (Lipinski definition) is 3. The lowest BCUT2D eigenvalue weighted by Gasteiger charge is -2.38. The molecule has 2 unspecified atom stereocenters. The molecule has 1 rings (SSSR count). The highest BCUT2D eigenvalue weighted by atomic mass is 35.5. The summed E-state index contributed by atoms with van der Waals surface area (Å²) >= 11 is 5.73. The number of alkyl halides is 1. The van der Waals surface area contributed by atoms with E-state index in [2.05, 4.69) is 0 Å². The second kappa shape index (κ2) is 6.33. The molecule has 0 spiro atoms. The monoisotopic (exact) mass is 284 g/mol. The van der Waals surface area contributed by atoms with Gasteiger partial charge < -0.3 is 4.74 Å². The number of hydrogen-bond donors (Lipinski definition) is 0. The van der Waals surface area contributed by atoms with Gasteiger partial charge in [0.25, 0.3) is 10.2 Å². The lowest BCUT2D eigenvalue weighted by molar-refractivity contribution is -0.0171. The van der Waals surface area contributed by atoms with Gasteiger partial charge in [-0.25, -0.2) is 0 Å². The van der Waals surface area contributed by atoms with Crippen molar-refractivity contribution in [1.29, 1.82) is 0 Å². The van der Waals surface area contributed by atoms with Crippen LogP contribution in [0.1, 0.15) is 20.8 Å². The van der Waals surface area contributed by atoms with Crippen LogP contribution in [-0.4, -0.2) is 61.3 Å². The minimum atomic E-state index is -3.39. The fraction of sp³-hybridized carbons (Fsp3) is 1.00. The highest BCUT2D eigenvalue weighted by molar-refractivity contribution is 7.86. The Labute approximate surface area is 109 Å². The minimum absolute atomic E-state index is 0.139. The predicted octanol–water partition coefficient (Wildman–Crippen LogP) is 0.901. The fourth-order valence-corrected chi connectivity index (χ4v) is 3.91. The zero-order valence-corrected chi connectivity index (χ0v) is 12.2. The van der Waals surface area contributed by atoms with Gasteiger partial charge in [-0.15, -0.1) is 11.6 Å². The van der Waals surface area contributed by atoms with E-state index in [1.165, 1.54) is 8.61 Å². The van der Waals surface area contributed by atoms with E-state index in [-0.39, 0.29) is 12.1 Å². The maximum absolute atomic E-state index is 12.4. The molecule has 0 aliphatic carbocycles. The number of rotatable bonds is 5. The topological polar surface area (TPSA) is 49.9 Å². The van der Waals surface area contributed by atoms with Crippen LogP contribution in [0, 0.1) is 0 Å². The van der Waals surface area contributed by atoms with Crippen LogP contribution in [0.25, 0.3) is 0 Å². The van der Waals surface area contributed by atoms with Gasteiger partial charge in [0.15, 0.2) is 0 Å². The fourth-order valence-electron chi connectivity index (χ4n) is 1.90. The van der Waals surface area contributed by atoms with Gasteiger partial charge in [0.05, 0.1) is 12.7 Å². The molecule has 1 saturated heterocycles. The highest BCUT2D eigenvalue weighted by Gasteiger charge is 2.36. The van der Waals surface area contributed by atoms with Crippen LogP contribution >= 0.6 is 11.6 Å². The summed E-state index contributed by atoms with van der Waals surface area (Å²) in [4.78, 5) is 0. The molecule has 1 aliphatic heterocycles. The Kier molecular flexibility index (Phi) is 5.66. The molecule has 0 radical (unpaired) electrons. The number of morpholine rings is 1. The molecule has 7 heteroatoms. The van der Waals surface area contributed by atoms with Gasteiger partial charge in [0.2, 0.25) is 0 Å². The number of nitrogens with zero attached hydrogens (tertiary/aromatic N) is 2. The average Bonchev–Trinajstić information content (AvgIpc) is 2.30. The van der Waals surface area contributed by atoms with E-state index < -0.39 is 10.2 Å². The average molecular weight is 285 g/mol. The summed E-state index contributed by atoms with van der Waals surface area (Å²) in [5.41, 5.74) is 0. The Balaban J connectivity index is 2.88. The summed E-state index contributed by atoms with van der Waals surface area (Å²) in [7, 11) is -3.39. The minimum Gasteiger partial charge on any atom is -0.374 e. The van der Waals surface area contributed by atoms with Crippen molar-refractivity contribution in [3.05, 3.63) is 0 Å². The van der Waals surface area contributed by atoms with Gasteiger partial charge in [-0.3, -0.25) is 0 Å². The van der Waals surface area contributed by atoms with E-state index in [4.69, 9.17) is 16.3 Å². The molecule has 0 saturated carbocycles. The first-order valence-corrected chi connectivity index (χ1v) is 7.84. The summed E-state index contributed by atoms with van der Waals surface area (Å²) in [6.45, 7) is 7.23. The molecule has 1 heterocycles. The molecule has 0 bridgehead atoms. The van der Waals surface area contributed by atoms with Crippen LogP contribution in [-0.2, 0) is 14.9 Å².